The Hall–Kier alpha value is -2.85. The first-order chi connectivity index (χ1) is 12.4. The van der Waals surface area contributed by atoms with E-state index in [2.05, 4.69) is 15.4 Å². The van der Waals surface area contributed by atoms with Gasteiger partial charge in [-0.25, -0.2) is 14.6 Å². The highest BCUT2D eigenvalue weighted by Crippen LogP contribution is 2.26. The molecule has 0 aliphatic carbocycles. The van der Waals surface area contributed by atoms with Gasteiger partial charge in [-0.3, -0.25) is 19.8 Å². The summed E-state index contributed by atoms with van der Waals surface area (Å²) in [5, 5.41) is 2.65. The maximum atomic E-state index is 12.8. The predicted octanol–water partition coefficient (Wildman–Crippen LogP) is 1.77. The van der Waals surface area contributed by atoms with Gasteiger partial charge in [0.1, 0.15) is 15.5 Å². The van der Waals surface area contributed by atoms with E-state index >= 15 is 0 Å². The normalized spacial score (nSPS) is 11.3. The van der Waals surface area contributed by atoms with Crippen LogP contribution in [0, 0.1) is 13.8 Å². The molecular formula is C16H13N5O3S2. The zero-order chi connectivity index (χ0) is 18.6. The van der Waals surface area contributed by atoms with Crippen LogP contribution in [0.4, 0.5) is 0 Å². The van der Waals surface area contributed by atoms with Crippen LogP contribution in [0.3, 0.4) is 0 Å². The van der Waals surface area contributed by atoms with Crippen LogP contribution >= 0.6 is 22.7 Å². The molecule has 4 aromatic heterocycles. The molecule has 132 valence electrons. The Morgan fingerprint density at radius 1 is 1.19 bits per heavy atom. The van der Waals surface area contributed by atoms with Crippen LogP contribution in [0.1, 0.15) is 21.1 Å². The number of thiophene rings is 2. The molecule has 0 aliphatic rings. The first-order valence-electron chi connectivity index (χ1n) is 7.61. The summed E-state index contributed by atoms with van der Waals surface area (Å²) in [6.45, 7) is 3.35. The Morgan fingerprint density at radius 2 is 1.96 bits per heavy atom. The van der Waals surface area contributed by atoms with Crippen molar-refractivity contribution in [3.63, 3.8) is 0 Å². The van der Waals surface area contributed by atoms with Crippen molar-refractivity contribution >= 4 is 49.0 Å². The van der Waals surface area contributed by atoms with Gasteiger partial charge in [0.05, 0.1) is 22.0 Å². The quantitative estimate of drug-likeness (QED) is 0.565. The molecule has 0 bridgehead atoms. The van der Waals surface area contributed by atoms with Gasteiger partial charge in [0.2, 0.25) is 0 Å². The summed E-state index contributed by atoms with van der Waals surface area (Å²) >= 11 is 2.49. The molecule has 1 amide bonds. The fourth-order valence-corrected chi connectivity index (χ4v) is 4.55. The first kappa shape index (κ1) is 16.6. The van der Waals surface area contributed by atoms with Crippen LogP contribution < -0.4 is 16.5 Å². The molecule has 8 nitrogen and oxygen atoms in total. The summed E-state index contributed by atoms with van der Waals surface area (Å²) in [6.07, 6.45) is 1.42. The Bertz CT molecular complexity index is 1310. The third-order valence-electron chi connectivity index (χ3n) is 4.10. The molecule has 0 spiro atoms. The smallest absolute Gasteiger partial charge is 0.281 e. The predicted molar refractivity (Wildman–Crippen MR) is 102 cm³/mol. The number of fused-ring (bicyclic) bond motifs is 2. The molecule has 26 heavy (non-hydrogen) atoms. The van der Waals surface area contributed by atoms with Gasteiger partial charge in [0.25, 0.3) is 17.0 Å². The molecule has 0 aliphatic heterocycles. The average molecular weight is 387 g/mol. The van der Waals surface area contributed by atoms with Gasteiger partial charge in [-0.05, 0) is 30.9 Å². The lowest BCUT2D eigenvalue weighted by atomic mass is 10.2. The second kappa shape index (κ2) is 5.85. The Balaban J connectivity index is 1.82. The lowest BCUT2D eigenvalue weighted by Gasteiger charge is -2.10. The number of amides is 1. The molecule has 0 unspecified atom stereocenters. The number of hydrogen-bond acceptors (Lipinski definition) is 7. The lowest BCUT2D eigenvalue weighted by Crippen LogP contribution is -2.35. The molecule has 0 atom stereocenters. The van der Waals surface area contributed by atoms with Crippen LogP contribution in [0.25, 0.3) is 20.4 Å². The third-order valence-corrected chi connectivity index (χ3v) is 6.10. The maximum absolute atomic E-state index is 12.8. The van der Waals surface area contributed by atoms with Crippen LogP contribution in [-0.2, 0) is 7.05 Å². The van der Waals surface area contributed by atoms with Gasteiger partial charge in [0.15, 0.2) is 0 Å². The number of nitrogens with one attached hydrogen (secondary N) is 1. The number of nitrogens with zero attached hydrogens (tertiary/aromatic N) is 4. The number of rotatable bonds is 2. The summed E-state index contributed by atoms with van der Waals surface area (Å²) < 4.78 is 2.50. The van der Waals surface area contributed by atoms with Crippen LogP contribution in [0.15, 0.2) is 27.4 Å². The minimum Gasteiger partial charge on any atom is -0.302 e. The van der Waals surface area contributed by atoms with E-state index in [9.17, 15) is 14.4 Å². The first-order valence-corrected chi connectivity index (χ1v) is 9.31. The Morgan fingerprint density at radius 3 is 2.73 bits per heavy atom. The van der Waals surface area contributed by atoms with Crippen molar-refractivity contribution in [2.45, 2.75) is 13.8 Å². The lowest BCUT2D eigenvalue weighted by molar-refractivity contribution is 0.101. The molecule has 0 radical (unpaired) electrons. The highest BCUT2D eigenvalue weighted by atomic mass is 32.1. The van der Waals surface area contributed by atoms with E-state index in [1.807, 2.05) is 0 Å². The molecule has 0 saturated heterocycles. The van der Waals surface area contributed by atoms with Gasteiger partial charge in [-0.15, -0.1) is 22.7 Å². The summed E-state index contributed by atoms with van der Waals surface area (Å²) in [5.41, 5.74) is 2.59. The molecule has 1 N–H and O–H groups in total. The number of aromatic nitrogens is 4. The second-order valence-corrected chi connectivity index (χ2v) is 7.67. The van der Waals surface area contributed by atoms with Gasteiger partial charge in [0, 0.05) is 7.05 Å². The van der Waals surface area contributed by atoms with Gasteiger partial charge < -0.3 is 4.57 Å². The molecular weight excluding hydrogens is 374 g/mol. The minimum atomic E-state index is -0.478. The van der Waals surface area contributed by atoms with Crippen molar-refractivity contribution in [2.75, 3.05) is 5.43 Å². The zero-order valence-electron chi connectivity index (χ0n) is 14.1. The summed E-state index contributed by atoms with van der Waals surface area (Å²) in [5.74, 6) is -0.0970. The highest BCUT2D eigenvalue weighted by molar-refractivity contribution is 7.20. The number of carbonyl (C=O) groups excluding carboxylic acids is 1. The maximum Gasteiger partial charge on any atom is 0.281 e. The fourth-order valence-electron chi connectivity index (χ4n) is 2.72. The van der Waals surface area contributed by atoms with Crippen LogP contribution in [0.5, 0.6) is 0 Å². The van der Waals surface area contributed by atoms with E-state index in [1.54, 1.807) is 32.3 Å². The van der Waals surface area contributed by atoms with Crippen molar-refractivity contribution in [1.29, 1.82) is 0 Å². The van der Waals surface area contributed by atoms with Crippen molar-refractivity contribution < 1.29 is 4.79 Å². The monoisotopic (exact) mass is 387 g/mol. The van der Waals surface area contributed by atoms with Crippen molar-refractivity contribution in [3.8, 4) is 0 Å². The summed E-state index contributed by atoms with van der Waals surface area (Å²) in [4.78, 5) is 47.6. The van der Waals surface area contributed by atoms with E-state index in [0.717, 1.165) is 16.0 Å². The third kappa shape index (κ3) is 2.37. The Kier molecular flexibility index (Phi) is 3.74. The molecule has 0 fully saturated rings. The molecule has 4 rings (SSSR count). The SMILES string of the molecule is Cc1c(C(=O)Nn2c(C)nc3sccc3c2=O)sc2ncn(C)c(=O)c12. The van der Waals surface area contributed by atoms with E-state index in [1.165, 1.54) is 22.2 Å². The molecule has 0 aromatic carbocycles. The van der Waals surface area contributed by atoms with E-state index in [-0.39, 0.29) is 11.1 Å². The van der Waals surface area contributed by atoms with Crippen molar-refractivity contribution in [2.24, 2.45) is 7.05 Å². The highest BCUT2D eigenvalue weighted by Gasteiger charge is 2.20. The van der Waals surface area contributed by atoms with E-state index in [4.69, 9.17) is 0 Å². The van der Waals surface area contributed by atoms with E-state index < -0.39 is 5.91 Å². The topological polar surface area (TPSA) is 98.9 Å². The molecule has 10 heteroatoms. The standard InChI is InChI=1S/C16H13N5O3S2/c1-7-10-14(17-6-20(3)16(10)24)26-11(7)12(22)19-21-8(2)18-13-9(15(21)23)4-5-25-13/h4-6H,1-3H3,(H,19,22). The van der Waals surface area contributed by atoms with E-state index in [0.29, 0.717) is 36.7 Å². The number of carbonyl (C=O) groups is 1. The largest absolute Gasteiger partial charge is 0.302 e. The van der Waals surface area contributed by atoms with Crippen LogP contribution in [0.2, 0.25) is 0 Å². The molecule has 4 heterocycles. The summed E-state index contributed by atoms with van der Waals surface area (Å²) in [6, 6.07) is 1.68. The number of hydrogen-bond donors (Lipinski definition) is 1. The van der Waals surface area contributed by atoms with Gasteiger partial charge in [-0.1, -0.05) is 0 Å². The van der Waals surface area contributed by atoms with Gasteiger partial charge >= 0.3 is 0 Å². The fraction of sp³-hybridized carbons (Fsp3) is 0.188. The second-order valence-electron chi connectivity index (χ2n) is 5.78. The zero-order valence-corrected chi connectivity index (χ0v) is 15.7. The molecule has 4 aromatic rings. The van der Waals surface area contributed by atoms with Crippen molar-refractivity contribution in [3.05, 3.63) is 54.7 Å². The van der Waals surface area contributed by atoms with Gasteiger partial charge in [-0.2, -0.15) is 0 Å². The minimum absolute atomic E-state index is 0.211. The van der Waals surface area contributed by atoms with Crippen LogP contribution in [-0.4, -0.2) is 25.1 Å². The van der Waals surface area contributed by atoms with Crippen molar-refractivity contribution in [1.82, 2.24) is 19.2 Å². The molecule has 0 saturated carbocycles. The summed E-state index contributed by atoms with van der Waals surface area (Å²) in [7, 11) is 1.61. The Labute approximate surface area is 154 Å². The average Bonchev–Trinajstić information content (AvgIpc) is 3.19. The number of aryl methyl sites for hydroxylation is 3.